The van der Waals surface area contributed by atoms with Crippen molar-refractivity contribution in [3.8, 4) is 0 Å². The minimum atomic E-state index is -0.229. The molecular weight excluding hydrogens is 178 g/mol. The molecule has 0 saturated heterocycles. The van der Waals surface area contributed by atoms with Crippen LogP contribution in [0.2, 0.25) is 0 Å². The first-order chi connectivity index (χ1) is 6.55. The molecule has 0 saturated carbocycles. The Bertz CT molecular complexity index is 219. The molecule has 0 fully saturated rings. The normalized spacial score (nSPS) is 24.9. The molecule has 1 unspecified atom stereocenters. The molecule has 0 amide bonds. The Balaban J connectivity index is 2.83. The van der Waals surface area contributed by atoms with Crippen molar-refractivity contribution in [1.82, 2.24) is 4.90 Å². The van der Waals surface area contributed by atoms with Gasteiger partial charge in [-0.1, -0.05) is 0 Å². The van der Waals surface area contributed by atoms with E-state index in [1.54, 1.807) is 7.11 Å². The van der Waals surface area contributed by atoms with Gasteiger partial charge in [0.05, 0.1) is 0 Å². The van der Waals surface area contributed by atoms with E-state index in [0.29, 0.717) is 0 Å². The van der Waals surface area contributed by atoms with Gasteiger partial charge in [-0.2, -0.15) is 0 Å². The maximum atomic E-state index is 5.74. The molecule has 1 aliphatic heterocycles. The summed E-state index contributed by atoms with van der Waals surface area (Å²) in [6, 6.07) is 0. The van der Waals surface area contributed by atoms with Gasteiger partial charge in [-0.05, 0) is 33.8 Å². The standard InChI is InChI=1S/C11H21NO2/c1-6-12(7-2)9-8-10(13-5)14-11(9,3)4/h8,10H,6-7H2,1-5H3. The van der Waals surface area contributed by atoms with Crippen LogP contribution in [0.1, 0.15) is 27.7 Å². The first-order valence-electron chi connectivity index (χ1n) is 5.23. The van der Waals surface area contributed by atoms with Crippen LogP contribution in [-0.4, -0.2) is 37.0 Å². The summed E-state index contributed by atoms with van der Waals surface area (Å²) >= 11 is 0. The van der Waals surface area contributed by atoms with Crippen molar-refractivity contribution in [3.63, 3.8) is 0 Å². The Hall–Kier alpha value is -0.540. The third-order valence-electron chi connectivity index (χ3n) is 2.66. The van der Waals surface area contributed by atoms with Gasteiger partial charge in [0.1, 0.15) is 5.60 Å². The van der Waals surface area contributed by atoms with Crippen molar-refractivity contribution < 1.29 is 9.47 Å². The van der Waals surface area contributed by atoms with E-state index in [1.165, 1.54) is 5.70 Å². The molecule has 1 atom stereocenters. The van der Waals surface area contributed by atoms with Crippen LogP contribution in [-0.2, 0) is 9.47 Å². The van der Waals surface area contributed by atoms with Crippen LogP contribution < -0.4 is 0 Å². The van der Waals surface area contributed by atoms with Crippen LogP contribution in [0.15, 0.2) is 11.8 Å². The minimum absolute atomic E-state index is 0.194. The van der Waals surface area contributed by atoms with Crippen LogP contribution in [0.5, 0.6) is 0 Å². The Kier molecular flexibility index (Phi) is 3.56. The number of ether oxygens (including phenoxy) is 2. The zero-order chi connectivity index (χ0) is 10.8. The molecule has 14 heavy (non-hydrogen) atoms. The molecule has 0 N–H and O–H groups in total. The van der Waals surface area contributed by atoms with E-state index in [4.69, 9.17) is 9.47 Å². The molecule has 1 aliphatic rings. The van der Waals surface area contributed by atoms with E-state index < -0.39 is 0 Å². The lowest BCUT2D eigenvalue weighted by Gasteiger charge is -2.31. The summed E-state index contributed by atoms with van der Waals surface area (Å²) in [5.74, 6) is 0. The Morgan fingerprint density at radius 2 is 2.00 bits per heavy atom. The molecule has 0 aromatic carbocycles. The second-order valence-electron chi connectivity index (χ2n) is 3.96. The zero-order valence-electron chi connectivity index (χ0n) is 9.83. The highest BCUT2D eigenvalue weighted by molar-refractivity contribution is 5.19. The Labute approximate surface area is 86.7 Å². The summed E-state index contributed by atoms with van der Waals surface area (Å²) < 4.78 is 10.9. The number of hydrogen-bond acceptors (Lipinski definition) is 3. The highest BCUT2D eigenvalue weighted by Gasteiger charge is 2.36. The summed E-state index contributed by atoms with van der Waals surface area (Å²) in [6.45, 7) is 10.5. The van der Waals surface area contributed by atoms with E-state index in [2.05, 4.69) is 38.7 Å². The van der Waals surface area contributed by atoms with Crippen LogP contribution in [0.4, 0.5) is 0 Å². The number of hydrogen-bond donors (Lipinski definition) is 0. The summed E-state index contributed by atoms with van der Waals surface area (Å²) in [4.78, 5) is 2.30. The number of likely N-dealkylation sites (N-methyl/N-ethyl adjacent to an activating group) is 1. The number of rotatable bonds is 4. The van der Waals surface area contributed by atoms with Gasteiger partial charge < -0.3 is 14.4 Å². The van der Waals surface area contributed by atoms with Crippen molar-refractivity contribution in [2.45, 2.75) is 39.6 Å². The first-order valence-corrected chi connectivity index (χ1v) is 5.23. The Morgan fingerprint density at radius 1 is 1.43 bits per heavy atom. The average molecular weight is 199 g/mol. The molecular formula is C11H21NO2. The Morgan fingerprint density at radius 3 is 2.36 bits per heavy atom. The second kappa shape index (κ2) is 4.32. The molecule has 82 valence electrons. The van der Waals surface area contributed by atoms with Crippen LogP contribution in [0.3, 0.4) is 0 Å². The van der Waals surface area contributed by atoms with Crippen LogP contribution in [0.25, 0.3) is 0 Å². The molecule has 0 aromatic rings. The number of nitrogens with zero attached hydrogens (tertiary/aromatic N) is 1. The van der Waals surface area contributed by atoms with Crippen molar-refractivity contribution in [1.29, 1.82) is 0 Å². The van der Waals surface area contributed by atoms with Gasteiger partial charge >= 0.3 is 0 Å². The molecule has 3 nitrogen and oxygen atoms in total. The molecule has 0 spiro atoms. The maximum absolute atomic E-state index is 5.74. The summed E-state index contributed by atoms with van der Waals surface area (Å²) in [5, 5.41) is 0. The van der Waals surface area contributed by atoms with Gasteiger partial charge in [0.15, 0.2) is 6.29 Å². The van der Waals surface area contributed by atoms with Gasteiger partial charge in [-0.25, -0.2) is 0 Å². The predicted octanol–water partition coefficient (Wildman–Crippen LogP) is 1.99. The molecule has 0 bridgehead atoms. The van der Waals surface area contributed by atoms with Gasteiger partial charge in [-0.3, -0.25) is 0 Å². The van der Waals surface area contributed by atoms with Crippen LogP contribution >= 0.6 is 0 Å². The fourth-order valence-electron chi connectivity index (χ4n) is 1.88. The highest BCUT2D eigenvalue weighted by Crippen LogP contribution is 2.32. The molecule has 1 heterocycles. The quantitative estimate of drug-likeness (QED) is 0.691. The van der Waals surface area contributed by atoms with Gasteiger partial charge in [0, 0.05) is 25.9 Å². The van der Waals surface area contributed by atoms with Gasteiger partial charge in [-0.15, -0.1) is 0 Å². The highest BCUT2D eigenvalue weighted by atomic mass is 16.7. The largest absolute Gasteiger partial charge is 0.373 e. The summed E-state index contributed by atoms with van der Waals surface area (Å²) in [7, 11) is 1.67. The summed E-state index contributed by atoms with van der Waals surface area (Å²) in [5.41, 5.74) is 1.00. The smallest absolute Gasteiger partial charge is 0.179 e. The van der Waals surface area contributed by atoms with Crippen molar-refractivity contribution in [3.05, 3.63) is 11.8 Å². The lowest BCUT2D eigenvalue weighted by Crippen LogP contribution is -2.35. The molecule has 0 aliphatic carbocycles. The average Bonchev–Trinajstić information content (AvgIpc) is 2.44. The second-order valence-corrected chi connectivity index (χ2v) is 3.96. The third-order valence-corrected chi connectivity index (χ3v) is 2.66. The fourth-order valence-corrected chi connectivity index (χ4v) is 1.88. The van der Waals surface area contributed by atoms with Gasteiger partial charge in [0.25, 0.3) is 0 Å². The van der Waals surface area contributed by atoms with E-state index in [0.717, 1.165) is 13.1 Å². The van der Waals surface area contributed by atoms with E-state index >= 15 is 0 Å². The third kappa shape index (κ3) is 2.10. The molecule has 1 rings (SSSR count). The maximum Gasteiger partial charge on any atom is 0.179 e. The zero-order valence-corrected chi connectivity index (χ0v) is 9.83. The lowest BCUT2D eigenvalue weighted by atomic mass is 10.1. The number of methoxy groups -OCH3 is 1. The molecule has 0 aromatic heterocycles. The lowest BCUT2D eigenvalue weighted by molar-refractivity contribution is -0.133. The monoisotopic (exact) mass is 199 g/mol. The van der Waals surface area contributed by atoms with E-state index in [9.17, 15) is 0 Å². The SMILES string of the molecule is CCN(CC)C1=CC(OC)OC1(C)C. The molecule has 3 heteroatoms. The molecule has 0 radical (unpaired) electrons. The predicted molar refractivity (Wildman–Crippen MR) is 57.0 cm³/mol. The van der Waals surface area contributed by atoms with E-state index in [-0.39, 0.29) is 11.9 Å². The van der Waals surface area contributed by atoms with Crippen molar-refractivity contribution in [2.75, 3.05) is 20.2 Å². The van der Waals surface area contributed by atoms with Crippen molar-refractivity contribution in [2.24, 2.45) is 0 Å². The van der Waals surface area contributed by atoms with E-state index in [1.807, 2.05) is 0 Å². The van der Waals surface area contributed by atoms with Crippen LogP contribution in [0, 0.1) is 0 Å². The fraction of sp³-hybridized carbons (Fsp3) is 0.818. The summed E-state index contributed by atoms with van der Waals surface area (Å²) in [6.07, 6.45) is 1.87. The first kappa shape index (κ1) is 11.5. The van der Waals surface area contributed by atoms with Crippen molar-refractivity contribution >= 4 is 0 Å². The van der Waals surface area contributed by atoms with Gasteiger partial charge in [0.2, 0.25) is 0 Å². The minimum Gasteiger partial charge on any atom is -0.373 e. The topological polar surface area (TPSA) is 21.7 Å².